The first-order valence-corrected chi connectivity index (χ1v) is 19.3. The largest absolute Gasteiger partial charge is 1.00 e. The Morgan fingerprint density at radius 2 is 0.400 bits per heavy atom. The van der Waals surface area contributed by atoms with Gasteiger partial charge in [-0.05, 0) is 51.4 Å². The molecule has 14 nitrogen and oxygen atoms in total. The van der Waals surface area contributed by atoms with Gasteiger partial charge in [-0.25, -0.2) is 0 Å². The number of hydrogen-bond donors (Lipinski definition) is 0. The summed E-state index contributed by atoms with van der Waals surface area (Å²) in [6.45, 7) is 14.1. The molecule has 0 unspecified atom stereocenters. The minimum Gasteiger partial charge on any atom is -0.418 e. The molecule has 0 aromatic heterocycles. The summed E-state index contributed by atoms with van der Waals surface area (Å²) in [4.78, 5) is 20.6. The fraction of sp³-hybridized carbons (Fsp3) is 0.737. The standard InChI is InChI=1S/2C12H24O6.C8H12.C6H4O2.BF4.2K.Rh/c2*1-2-14-5-6-16-9-10-18-12-11-17-8-7-15-4-3-13-1;1-2-4-6-8-7-5-3-1;7-5-1-2-6(8)4-3-5;2-1(3,4)5;;;/h2*1-12H2;1-2,7-8H,3-6H2;1-4H;;;;/q;;;;-1;2*+1;. The van der Waals surface area contributed by atoms with E-state index in [9.17, 15) is 26.9 Å². The molecule has 4 aliphatic rings. The fourth-order valence-corrected chi connectivity index (χ4v) is 3.93. The maximum absolute atomic E-state index is 10.3. The number of ether oxygens (including phenoxy) is 12. The predicted octanol–water partition coefficient (Wildman–Crippen LogP) is -2.16. The molecule has 2 aliphatic carbocycles. The molecule has 4 fully saturated rings. The topological polar surface area (TPSA) is 145 Å². The van der Waals surface area contributed by atoms with Gasteiger partial charge in [-0.2, -0.15) is 0 Å². The van der Waals surface area contributed by atoms with Gasteiger partial charge >= 0.3 is 110 Å². The van der Waals surface area contributed by atoms with E-state index in [2.05, 4.69) is 25.7 Å². The summed E-state index contributed by atoms with van der Waals surface area (Å²) >= 11 is 0. The number of rotatable bonds is 0. The van der Waals surface area contributed by atoms with Crippen molar-refractivity contribution in [3.8, 4) is 0 Å². The summed E-state index contributed by atoms with van der Waals surface area (Å²) in [6, 6.07) is 0. The molecule has 0 spiro atoms. The van der Waals surface area contributed by atoms with E-state index in [0.717, 1.165) is 0 Å². The van der Waals surface area contributed by atoms with Gasteiger partial charge in [0.15, 0.2) is 0 Å². The minimum absolute atomic E-state index is 0. The second kappa shape index (κ2) is 57.7. The van der Waals surface area contributed by atoms with Crippen LogP contribution in [-0.2, 0) is 85.9 Å². The van der Waals surface area contributed by atoms with Crippen molar-refractivity contribution in [3.63, 3.8) is 0 Å². The minimum atomic E-state index is -6.00. The van der Waals surface area contributed by atoms with E-state index in [0.29, 0.717) is 159 Å². The van der Waals surface area contributed by atoms with Crippen LogP contribution in [0.15, 0.2) is 0 Å². The van der Waals surface area contributed by atoms with Crippen molar-refractivity contribution in [2.75, 3.05) is 159 Å². The Balaban J connectivity index is -0.000000347. The van der Waals surface area contributed by atoms with Crippen molar-refractivity contribution in [2.24, 2.45) is 0 Å². The monoisotopic (exact) mass is 1010 g/mol. The van der Waals surface area contributed by atoms with Crippen molar-refractivity contribution in [1.82, 2.24) is 0 Å². The van der Waals surface area contributed by atoms with Gasteiger partial charge in [0.1, 0.15) is 11.6 Å². The summed E-state index contributed by atoms with van der Waals surface area (Å²) in [5, 5.41) is 0. The zero-order valence-electron chi connectivity index (χ0n) is 35.6. The van der Waals surface area contributed by atoms with Gasteiger partial charge in [0.25, 0.3) is 0 Å². The molecule has 2 heterocycles. The van der Waals surface area contributed by atoms with Crippen LogP contribution in [0.2, 0.25) is 0 Å². The Morgan fingerprint density at radius 3 is 0.500 bits per heavy atom. The van der Waals surface area contributed by atoms with Gasteiger partial charge in [-0.15, -0.1) is 0 Å². The number of carbonyl (C=O) groups excluding carboxylic acids is 2. The van der Waals surface area contributed by atoms with Crippen LogP contribution in [0.1, 0.15) is 25.7 Å². The number of ketones is 2. The summed E-state index contributed by atoms with van der Waals surface area (Å²) in [7, 11) is -6.00. The molecule has 341 valence electrons. The fourth-order valence-electron chi connectivity index (χ4n) is 3.93. The molecule has 0 atom stereocenters. The van der Waals surface area contributed by atoms with Gasteiger partial charge in [-0.1, -0.05) is 0 Å². The Hall–Kier alpha value is 2.54. The van der Waals surface area contributed by atoms with E-state index >= 15 is 0 Å². The molecule has 0 aromatic rings. The van der Waals surface area contributed by atoms with Crippen LogP contribution in [0.3, 0.4) is 0 Å². The summed E-state index contributed by atoms with van der Waals surface area (Å²) in [5.74, 6) is -0.241. The average molecular weight is 1010 g/mol. The van der Waals surface area contributed by atoms with E-state index in [1.165, 1.54) is 51.4 Å². The molecule has 2 aliphatic heterocycles. The second-order valence-electron chi connectivity index (χ2n) is 11.4. The maximum atomic E-state index is 10.3. The molecule has 4 rings (SSSR count). The van der Waals surface area contributed by atoms with Crippen LogP contribution in [0.25, 0.3) is 0 Å². The first kappa shape index (κ1) is 69.1. The van der Waals surface area contributed by atoms with Gasteiger partial charge in [0, 0.05) is 45.2 Å². The summed E-state index contributed by atoms with van der Waals surface area (Å²) < 4.78 is 103. The van der Waals surface area contributed by atoms with Crippen LogP contribution >= 0.6 is 0 Å². The third-order valence-corrected chi connectivity index (χ3v) is 6.62. The smallest absolute Gasteiger partial charge is 0.418 e. The Bertz CT molecular complexity index is 628. The van der Waals surface area contributed by atoms with Crippen LogP contribution in [0.4, 0.5) is 17.3 Å². The molecule has 0 aromatic carbocycles. The van der Waals surface area contributed by atoms with Gasteiger partial charge < -0.3 is 74.1 Å². The summed E-state index contributed by atoms with van der Waals surface area (Å²) in [6.07, 6.45) is 19.0. The number of halogens is 4. The third kappa shape index (κ3) is 67.1. The first-order chi connectivity index (χ1) is 27.8. The third-order valence-electron chi connectivity index (χ3n) is 6.62. The molecular formula is C38H64BF4K2O14Rh+. The predicted molar refractivity (Wildman–Crippen MR) is 203 cm³/mol. The zero-order valence-corrected chi connectivity index (χ0v) is 43.4. The first-order valence-electron chi connectivity index (χ1n) is 19.3. The zero-order chi connectivity index (χ0) is 41.6. The van der Waals surface area contributed by atoms with Gasteiger partial charge in [-0.3, -0.25) is 9.59 Å². The van der Waals surface area contributed by atoms with E-state index in [4.69, 9.17) is 56.8 Å². The quantitative estimate of drug-likeness (QED) is 0.192. The maximum Gasteiger partial charge on any atom is 1.00 e. The van der Waals surface area contributed by atoms with Crippen LogP contribution < -0.4 is 103 Å². The van der Waals surface area contributed by atoms with Crippen LogP contribution in [0.5, 0.6) is 0 Å². The van der Waals surface area contributed by atoms with Crippen molar-refractivity contribution in [2.45, 2.75) is 25.7 Å². The average Bonchev–Trinajstić information content (AvgIpc) is 3.16. The van der Waals surface area contributed by atoms with Gasteiger partial charge in [0.05, 0.1) is 159 Å². The van der Waals surface area contributed by atoms with Crippen LogP contribution in [0, 0.1) is 51.4 Å². The Morgan fingerprint density at radius 1 is 0.300 bits per heavy atom. The van der Waals surface area contributed by atoms with Crippen LogP contribution in [-0.4, -0.2) is 177 Å². The summed E-state index contributed by atoms with van der Waals surface area (Å²) in [5.41, 5.74) is 0. The molecule has 0 amide bonds. The van der Waals surface area contributed by atoms with E-state index in [1.54, 1.807) is 0 Å². The SMILES string of the molecule is C1COCCOCCOCCOCCOCCO1.C1COCCOCCOCCOCCOCCO1.F[B-](F)(F)F.O=C1[CH][CH]C(=O)[CH][CH]1.[CH]1[CH]CC[CH][CH]CC1.[K+].[K+].[Rh]. The molecule has 0 N–H and O–H groups in total. The molecule has 60 heavy (non-hydrogen) atoms. The normalized spacial score (nSPS) is 21.5. The molecule has 0 bridgehead atoms. The van der Waals surface area contributed by atoms with Crippen molar-refractivity contribution < 1.29 is 206 Å². The molecule has 9 radical (unpaired) electrons. The van der Waals surface area contributed by atoms with Crippen molar-refractivity contribution in [1.29, 1.82) is 0 Å². The second-order valence-corrected chi connectivity index (χ2v) is 11.4. The molecule has 2 saturated heterocycles. The number of carbonyl (C=O) groups is 2. The molecule has 22 heteroatoms. The Labute approximate surface area is 454 Å². The number of hydrogen-bond acceptors (Lipinski definition) is 14. The van der Waals surface area contributed by atoms with E-state index in [1.807, 2.05) is 0 Å². The van der Waals surface area contributed by atoms with E-state index < -0.39 is 7.25 Å². The van der Waals surface area contributed by atoms with E-state index in [-0.39, 0.29) is 134 Å². The Kier molecular flexibility index (Phi) is 66.4. The number of Topliss-reactive ketones (excluding diaryl/α,β-unsaturated/α-hetero) is 2. The van der Waals surface area contributed by atoms with Crippen molar-refractivity contribution >= 4 is 18.8 Å². The van der Waals surface area contributed by atoms with Crippen molar-refractivity contribution in [3.05, 3.63) is 51.4 Å². The molecular weight excluding hydrogens is 948 g/mol. The van der Waals surface area contributed by atoms with Gasteiger partial charge in [0.2, 0.25) is 0 Å². The molecule has 2 saturated carbocycles.